The monoisotopic (exact) mass is 501 g/mol. The Morgan fingerprint density at radius 2 is 1.59 bits per heavy atom. The van der Waals surface area contributed by atoms with Crippen LogP contribution in [-0.4, -0.2) is 40.1 Å². The van der Waals surface area contributed by atoms with E-state index in [0.29, 0.717) is 25.1 Å². The minimum atomic E-state index is -3.81. The molecule has 0 unspecified atom stereocenters. The molecule has 1 atom stereocenters. The molecule has 3 rings (SSSR count). The molecule has 0 aliphatic carbocycles. The molecule has 156 valence electrons. The van der Waals surface area contributed by atoms with E-state index in [-0.39, 0.29) is 22.2 Å². The van der Waals surface area contributed by atoms with E-state index < -0.39 is 26.0 Å². The molecule has 1 saturated heterocycles. The Labute approximate surface area is 178 Å². The van der Waals surface area contributed by atoms with Crippen LogP contribution in [-0.2, 0) is 24.8 Å². The minimum absolute atomic E-state index is 0.0556. The summed E-state index contributed by atoms with van der Waals surface area (Å²) in [6.07, 6.45) is 1.13. The first-order chi connectivity index (χ1) is 13.6. The third-order valence-electron chi connectivity index (χ3n) is 4.66. The SMILES string of the molecule is NS(=O)(=O)c1ccc(NC(=O)[C@@H]2CCCN(S(=O)(=O)c3ccc(Br)cc3)C2)cc1. The van der Waals surface area contributed by atoms with Gasteiger partial charge in [-0.25, -0.2) is 22.0 Å². The zero-order valence-corrected chi connectivity index (χ0v) is 18.5. The molecule has 1 heterocycles. The number of primary sulfonamides is 1. The minimum Gasteiger partial charge on any atom is -0.326 e. The number of nitrogens with zero attached hydrogens (tertiary/aromatic N) is 1. The van der Waals surface area contributed by atoms with Gasteiger partial charge in [0.2, 0.25) is 26.0 Å². The van der Waals surface area contributed by atoms with Gasteiger partial charge < -0.3 is 5.32 Å². The fourth-order valence-electron chi connectivity index (χ4n) is 3.10. The van der Waals surface area contributed by atoms with Crippen molar-refractivity contribution >= 4 is 47.6 Å². The Morgan fingerprint density at radius 3 is 2.17 bits per heavy atom. The third-order valence-corrected chi connectivity index (χ3v) is 7.99. The van der Waals surface area contributed by atoms with Gasteiger partial charge in [-0.3, -0.25) is 4.79 Å². The highest BCUT2D eigenvalue weighted by Crippen LogP contribution is 2.26. The van der Waals surface area contributed by atoms with Crippen LogP contribution in [0.5, 0.6) is 0 Å². The topological polar surface area (TPSA) is 127 Å². The first-order valence-electron chi connectivity index (χ1n) is 8.77. The molecular formula is C18H20BrN3O5S2. The van der Waals surface area contributed by atoms with Crippen molar-refractivity contribution in [2.75, 3.05) is 18.4 Å². The molecular weight excluding hydrogens is 482 g/mol. The van der Waals surface area contributed by atoms with Gasteiger partial charge in [-0.05, 0) is 61.4 Å². The van der Waals surface area contributed by atoms with Gasteiger partial charge >= 0.3 is 0 Å². The van der Waals surface area contributed by atoms with Crippen molar-refractivity contribution in [3.05, 3.63) is 53.0 Å². The third kappa shape index (κ3) is 5.23. The molecule has 8 nitrogen and oxygen atoms in total. The van der Waals surface area contributed by atoms with Gasteiger partial charge in [0.25, 0.3) is 0 Å². The highest BCUT2D eigenvalue weighted by molar-refractivity contribution is 9.10. The number of carbonyl (C=O) groups is 1. The summed E-state index contributed by atoms with van der Waals surface area (Å²) >= 11 is 3.28. The number of anilines is 1. The van der Waals surface area contributed by atoms with Crippen molar-refractivity contribution in [3.8, 4) is 0 Å². The molecule has 11 heteroatoms. The maximum Gasteiger partial charge on any atom is 0.243 e. The molecule has 2 aromatic carbocycles. The van der Waals surface area contributed by atoms with Crippen LogP contribution in [0.25, 0.3) is 0 Å². The lowest BCUT2D eigenvalue weighted by Crippen LogP contribution is -2.43. The van der Waals surface area contributed by atoms with Crippen molar-refractivity contribution in [1.29, 1.82) is 0 Å². The standard InChI is InChI=1S/C18H20BrN3O5S2/c19-14-3-7-17(8-4-14)29(26,27)22-11-1-2-13(12-22)18(23)21-15-5-9-16(10-6-15)28(20,24)25/h3-10,13H,1-2,11-12H2,(H,21,23)(H2,20,24,25)/t13-/m1/s1. The van der Waals surface area contributed by atoms with Crippen LogP contribution in [0.2, 0.25) is 0 Å². The summed E-state index contributed by atoms with van der Waals surface area (Å²) < 4.78 is 50.4. The van der Waals surface area contributed by atoms with Gasteiger partial charge in [0.05, 0.1) is 15.7 Å². The van der Waals surface area contributed by atoms with Crippen molar-refractivity contribution < 1.29 is 21.6 Å². The number of rotatable bonds is 5. The molecule has 29 heavy (non-hydrogen) atoms. The van der Waals surface area contributed by atoms with Crippen molar-refractivity contribution in [1.82, 2.24) is 4.31 Å². The molecule has 0 saturated carbocycles. The molecule has 0 aromatic heterocycles. The van der Waals surface area contributed by atoms with E-state index in [1.807, 2.05) is 0 Å². The number of nitrogens with one attached hydrogen (secondary N) is 1. The average Bonchev–Trinajstić information content (AvgIpc) is 2.68. The van der Waals surface area contributed by atoms with Crippen molar-refractivity contribution in [2.45, 2.75) is 22.6 Å². The van der Waals surface area contributed by atoms with E-state index in [0.717, 1.165) is 4.47 Å². The number of hydrogen-bond donors (Lipinski definition) is 2. The maximum absolute atomic E-state index is 12.9. The number of nitrogens with two attached hydrogens (primary N) is 1. The van der Waals surface area contributed by atoms with E-state index in [4.69, 9.17) is 5.14 Å². The molecule has 0 radical (unpaired) electrons. The van der Waals surface area contributed by atoms with Crippen LogP contribution in [0, 0.1) is 5.92 Å². The number of benzene rings is 2. The zero-order chi connectivity index (χ0) is 21.2. The fourth-order valence-corrected chi connectivity index (χ4v) is 5.41. The average molecular weight is 502 g/mol. The van der Waals surface area contributed by atoms with Crippen LogP contribution in [0.4, 0.5) is 5.69 Å². The van der Waals surface area contributed by atoms with E-state index in [1.54, 1.807) is 12.1 Å². The van der Waals surface area contributed by atoms with E-state index in [9.17, 15) is 21.6 Å². The van der Waals surface area contributed by atoms with Crippen molar-refractivity contribution in [2.24, 2.45) is 11.1 Å². The molecule has 2 aromatic rings. The largest absolute Gasteiger partial charge is 0.326 e. The summed E-state index contributed by atoms with van der Waals surface area (Å²) in [4.78, 5) is 12.7. The lowest BCUT2D eigenvalue weighted by molar-refractivity contribution is -0.120. The number of amides is 1. The van der Waals surface area contributed by atoms with Gasteiger partial charge in [0.1, 0.15) is 0 Å². The normalized spacial score (nSPS) is 18.3. The first-order valence-corrected chi connectivity index (χ1v) is 12.5. The lowest BCUT2D eigenvalue weighted by atomic mass is 9.99. The molecule has 1 amide bonds. The predicted octanol–water partition coefficient (Wildman–Crippen LogP) is 2.14. The molecule has 0 spiro atoms. The van der Waals surface area contributed by atoms with Gasteiger partial charge in [0.15, 0.2) is 0 Å². The second kappa shape index (κ2) is 8.52. The summed E-state index contributed by atoms with van der Waals surface area (Å²) in [5, 5.41) is 7.76. The van der Waals surface area contributed by atoms with E-state index >= 15 is 0 Å². The number of halogens is 1. The van der Waals surface area contributed by atoms with Crippen LogP contribution < -0.4 is 10.5 Å². The summed E-state index contributed by atoms with van der Waals surface area (Å²) in [7, 11) is -7.50. The molecule has 1 fully saturated rings. The Kier molecular flexibility index (Phi) is 6.44. The van der Waals surface area contributed by atoms with Gasteiger partial charge in [-0.2, -0.15) is 4.31 Å². The predicted molar refractivity (Wildman–Crippen MR) is 112 cm³/mol. The Hall–Kier alpha value is -1.79. The lowest BCUT2D eigenvalue weighted by Gasteiger charge is -2.31. The Bertz CT molecular complexity index is 1100. The molecule has 3 N–H and O–H groups in total. The fraction of sp³-hybridized carbons (Fsp3) is 0.278. The zero-order valence-electron chi connectivity index (χ0n) is 15.3. The smallest absolute Gasteiger partial charge is 0.243 e. The van der Waals surface area contributed by atoms with Crippen molar-refractivity contribution in [3.63, 3.8) is 0 Å². The van der Waals surface area contributed by atoms with Crippen LogP contribution in [0.1, 0.15) is 12.8 Å². The van der Waals surface area contributed by atoms with E-state index in [2.05, 4.69) is 21.2 Å². The second-order valence-corrected chi connectivity index (χ2v) is 11.1. The number of sulfonamides is 2. The summed E-state index contributed by atoms with van der Waals surface area (Å²) in [6, 6.07) is 11.9. The quantitative estimate of drug-likeness (QED) is 0.648. The molecule has 0 bridgehead atoms. The highest BCUT2D eigenvalue weighted by Gasteiger charge is 2.33. The summed E-state index contributed by atoms with van der Waals surface area (Å²) in [5.41, 5.74) is 0.412. The molecule has 1 aliphatic rings. The van der Waals surface area contributed by atoms with Crippen LogP contribution >= 0.6 is 15.9 Å². The van der Waals surface area contributed by atoms with E-state index in [1.165, 1.54) is 40.7 Å². The summed E-state index contributed by atoms with van der Waals surface area (Å²) in [6.45, 7) is 0.435. The maximum atomic E-state index is 12.9. The number of piperidine rings is 1. The van der Waals surface area contributed by atoms with Gasteiger partial charge in [0, 0.05) is 23.2 Å². The molecule has 1 aliphatic heterocycles. The van der Waals surface area contributed by atoms with Gasteiger partial charge in [-0.1, -0.05) is 15.9 Å². The van der Waals surface area contributed by atoms with Gasteiger partial charge in [-0.15, -0.1) is 0 Å². The number of hydrogen-bond acceptors (Lipinski definition) is 5. The Balaban J connectivity index is 1.70. The first kappa shape index (κ1) is 21.9. The number of carbonyl (C=O) groups excluding carboxylic acids is 1. The van der Waals surface area contributed by atoms with Crippen LogP contribution in [0.3, 0.4) is 0 Å². The summed E-state index contributed by atoms with van der Waals surface area (Å²) in [5.74, 6) is -0.823. The Morgan fingerprint density at radius 1 is 1.00 bits per heavy atom. The van der Waals surface area contributed by atoms with Crippen LogP contribution in [0.15, 0.2) is 62.8 Å². The highest BCUT2D eigenvalue weighted by atomic mass is 79.9. The second-order valence-electron chi connectivity index (χ2n) is 6.71.